The van der Waals surface area contributed by atoms with Crippen molar-refractivity contribution in [2.45, 2.75) is 12.5 Å². The van der Waals surface area contributed by atoms with Crippen LogP contribution in [0.3, 0.4) is 0 Å². The zero-order valence-electron chi connectivity index (χ0n) is 14.5. The van der Waals surface area contributed by atoms with Gasteiger partial charge < -0.3 is 20.1 Å². The fourth-order valence-corrected chi connectivity index (χ4v) is 3.04. The van der Waals surface area contributed by atoms with Crippen molar-refractivity contribution < 1.29 is 23.9 Å². The Kier molecular flexibility index (Phi) is 3.95. The minimum absolute atomic E-state index is 0.325. The highest BCUT2D eigenvalue weighted by Gasteiger charge is 2.43. The number of imide groups is 1. The molecule has 0 spiro atoms. The molecule has 2 aliphatic rings. The molecule has 0 aliphatic carbocycles. The predicted molar refractivity (Wildman–Crippen MR) is 95.9 cm³/mol. The summed E-state index contributed by atoms with van der Waals surface area (Å²) in [6, 6.07) is 11.2. The number of hydrogen-bond donors (Lipinski definition) is 3. The molecule has 0 bridgehead atoms. The molecule has 2 aliphatic heterocycles. The molecule has 0 aromatic heterocycles. The number of urea groups is 1. The van der Waals surface area contributed by atoms with E-state index in [0.29, 0.717) is 41.5 Å². The first kappa shape index (κ1) is 16.9. The van der Waals surface area contributed by atoms with Crippen molar-refractivity contribution in [1.29, 1.82) is 0 Å². The lowest BCUT2D eigenvalue weighted by molar-refractivity contribution is -0.123. The van der Waals surface area contributed by atoms with Gasteiger partial charge in [-0.05, 0) is 42.8 Å². The van der Waals surface area contributed by atoms with Crippen LogP contribution >= 0.6 is 0 Å². The van der Waals surface area contributed by atoms with Gasteiger partial charge in [0, 0.05) is 11.3 Å². The first-order valence-corrected chi connectivity index (χ1v) is 8.41. The van der Waals surface area contributed by atoms with Gasteiger partial charge in [0.15, 0.2) is 11.5 Å². The van der Waals surface area contributed by atoms with Crippen molar-refractivity contribution >= 4 is 23.5 Å². The number of rotatable bonds is 3. The Hall–Kier alpha value is -3.55. The average molecular weight is 367 g/mol. The summed E-state index contributed by atoms with van der Waals surface area (Å²) in [6.07, 6.45) is 0. The number of carbonyl (C=O) groups is 3. The summed E-state index contributed by atoms with van der Waals surface area (Å²) in [5.41, 5.74) is 0.297. The Labute approximate surface area is 154 Å². The topological polar surface area (TPSA) is 106 Å². The van der Waals surface area contributed by atoms with Crippen molar-refractivity contribution in [3.05, 3.63) is 53.6 Å². The Bertz CT molecular complexity index is 958. The number of hydrogen-bond acceptors (Lipinski definition) is 5. The largest absolute Gasteiger partial charge is 0.486 e. The van der Waals surface area contributed by atoms with Crippen molar-refractivity contribution in [3.8, 4) is 11.5 Å². The van der Waals surface area contributed by atoms with Gasteiger partial charge in [0.1, 0.15) is 18.8 Å². The Morgan fingerprint density at radius 1 is 1.07 bits per heavy atom. The minimum atomic E-state index is -1.19. The average Bonchev–Trinajstić information content (AvgIpc) is 2.94. The fourth-order valence-electron chi connectivity index (χ4n) is 3.04. The van der Waals surface area contributed by atoms with Crippen LogP contribution in [-0.2, 0) is 10.3 Å². The van der Waals surface area contributed by atoms with Crippen LogP contribution in [-0.4, -0.2) is 31.1 Å². The molecule has 3 N–H and O–H groups in total. The monoisotopic (exact) mass is 367 g/mol. The van der Waals surface area contributed by atoms with Crippen LogP contribution in [0.5, 0.6) is 11.5 Å². The number of nitrogens with one attached hydrogen (secondary N) is 3. The summed E-state index contributed by atoms with van der Waals surface area (Å²) in [7, 11) is 0. The number of benzene rings is 2. The smallest absolute Gasteiger partial charge is 0.322 e. The maximum Gasteiger partial charge on any atom is 0.322 e. The third kappa shape index (κ3) is 3.05. The predicted octanol–water partition coefficient (Wildman–Crippen LogP) is 1.76. The highest BCUT2D eigenvalue weighted by Crippen LogP contribution is 2.31. The Morgan fingerprint density at radius 3 is 2.59 bits per heavy atom. The molecule has 1 atom stereocenters. The second-order valence-corrected chi connectivity index (χ2v) is 6.43. The molecular formula is C19H17N3O5. The first-order chi connectivity index (χ1) is 13.0. The van der Waals surface area contributed by atoms with E-state index < -0.39 is 17.5 Å². The number of carbonyl (C=O) groups excluding carboxylic acids is 3. The summed E-state index contributed by atoms with van der Waals surface area (Å²) in [5, 5.41) is 7.61. The minimum Gasteiger partial charge on any atom is -0.486 e. The SMILES string of the molecule is CC1(c2cccc(NC(=O)c3ccc4c(c3)OCCO4)c2)NC(=O)NC1=O. The van der Waals surface area contributed by atoms with E-state index in [1.165, 1.54) is 0 Å². The third-order valence-electron chi connectivity index (χ3n) is 4.55. The summed E-state index contributed by atoms with van der Waals surface area (Å²) in [6.45, 7) is 2.52. The van der Waals surface area contributed by atoms with Gasteiger partial charge in [0.25, 0.3) is 11.8 Å². The highest BCUT2D eigenvalue weighted by atomic mass is 16.6. The first-order valence-electron chi connectivity index (χ1n) is 8.41. The molecule has 8 nitrogen and oxygen atoms in total. The van der Waals surface area contributed by atoms with Gasteiger partial charge in [0.2, 0.25) is 0 Å². The van der Waals surface area contributed by atoms with Crippen molar-refractivity contribution in [3.63, 3.8) is 0 Å². The molecule has 2 aromatic rings. The number of anilines is 1. The fraction of sp³-hybridized carbons (Fsp3) is 0.211. The van der Waals surface area contributed by atoms with E-state index in [1.807, 2.05) is 0 Å². The van der Waals surface area contributed by atoms with Crippen LogP contribution in [0, 0.1) is 0 Å². The van der Waals surface area contributed by atoms with Gasteiger partial charge in [-0.25, -0.2) is 4.79 Å². The van der Waals surface area contributed by atoms with Crippen LogP contribution in [0.15, 0.2) is 42.5 Å². The Morgan fingerprint density at radius 2 is 1.85 bits per heavy atom. The Balaban J connectivity index is 1.56. The van der Waals surface area contributed by atoms with Gasteiger partial charge in [-0.1, -0.05) is 12.1 Å². The lowest BCUT2D eigenvalue weighted by Crippen LogP contribution is -2.40. The van der Waals surface area contributed by atoms with Crippen LogP contribution in [0.1, 0.15) is 22.8 Å². The number of ether oxygens (including phenoxy) is 2. The molecular weight excluding hydrogens is 350 g/mol. The lowest BCUT2D eigenvalue weighted by atomic mass is 9.92. The van der Waals surface area contributed by atoms with Crippen molar-refractivity contribution in [2.24, 2.45) is 0 Å². The standard InChI is InChI=1S/C19H17N3O5/c1-19(17(24)21-18(25)22-19)12-3-2-4-13(10-12)20-16(23)11-5-6-14-15(9-11)27-8-7-26-14/h2-6,9-10H,7-8H2,1H3,(H,20,23)(H2,21,22,24,25). The van der Waals surface area contributed by atoms with E-state index in [2.05, 4.69) is 16.0 Å². The molecule has 4 rings (SSSR count). The highest BCUT2D eigenvalue weighted by molar-refractivity contribution is 6.08. The van der Waals surface area contributed by atoms with Gasteiger partial charge in [-0.3, -0.25) is 14.9 Å². The second kappa shape index (κ2) is 6.31. The van der Waals surface area contributed by atoms with Gasteiger partial charge >= 0.3 is 6.03 Å². The molecule has 0 saturated carbocycles. The molecule has 2 heterocycles. The molecule has 1 unspecified atom stereocenters. The van der Waals surface area contributed by atoms with E-state index >= 15 is 0 Å². The van der Waals surface area contributed by atoms with Crippen molar-refractivity contribution in [2.75, 3.05) is 18.5 Å². The van der Waals surface area contributed by atoms with Gasteiger partial charge in [0.05, 0.1) is 0 Å². The van der Waals surface area contributed by atoms with Gasteiger partial charge in [-0.2, -0.15) is 0 Å². The van der Waals surface area contributed by atoms with Crippen LogP contribution in [0.4, 0.5) is 10.5 Å². The summed E-state index contributed by atoms with van der Waals surface area (Å²) in [4.78, 5) is 36.1. The van der Waals surface area contributed by atoms with E-state index in [0.717, 1.165) is 0 Å². The number of fused-ring (bicyclic) bond motifs is 1. The quantitative estimate of drug-likeness (QED) is 0.717. The van der Waals surface area contributed by atoms with E-state index in [4.69, 9.17) is 9.47 Å². The molecule has 1 saturated heterocycles. The molecule has 8 heteroatoms. The molecule has 4 amide bonds. The summed E-state index contributed by atoms with van der Waals surface area (Å²) < 4.78 is 10.9. The van der Waals surface area contributed by atoms with Crippen LogP contribution in [0.25, 0.3) is 0 Å². The van der Waals surface area contributed by atoms with Crippen LogP contribution in [0.2, 0.25) is 0 Å². The molecule has 27 heavy (non-hydrogen) atoms. The molecule has 2 aromatic carbocycles. The molecule has 0 radical (unpaired) electrons. The summed E-state index contributed by atoms with van der Waals surface area (Å²) in [5.74, 6) is 0.369. The van der Waals surface area contributed by atoms with Crippen LogP contribution < -0.4 is 25.4 Å². The molecule has 1 fully saturated rings. The van der Waals surface area contributed by atoms with E-state index in [9.17, 15) is 14.4 Å². The lowest BCUT2D eigenvalue weighted by Gasteiger charge is -2.22. The zero-order valence-corrected chi connectivity index (χ0v) is 14.5. The van der Waals surface area contributed by atoms with Crippen molar-refractivity contribution in [1.82, 2.24) is 10.6 Å². The zero-order chi connectivity index (χ0) is 19.0. The maximum absolute atomic E-state index is 12.6. The maximum atomic E-state index is 12.6. The third-order valence-corrected chi connectivity index (χ3v) is 4.55. The second-order valence-electron chi connectivity index (χ2n) is 6.43. The van der Waals surface area contributed by atoms with E-state index in [-0.39, 0.29) is 5.91 Å². The normalized spacial score (nSPS) is 20.6. The van der Waals surface area contributed by atoms with Gasteiger partial charge in [-0.15, -0.1) is 0 Å². The summed E-state index contributed by atoms with van der Waals surface area (Å²) >= 11 is 0. The van der Waals surface area contributed by atoms with E-state index in [1.54, 1.807) is 49.4 Å². The number of amides is 4. The molecule has 138 valence electrons.